The molecule has 0 radical (unpaired) electrons. The predicted molar refractivity (Wildman–Crippen MR) is 253 cm³/mol. The lowest BCUT2D eigenvalue weighted by Gasteiger charge is -2.57. The number of halogens is 1. The number of likely N-dealkylation sites (tertiary alicyclic amines) is 1. The molecule has 9 rings (SSSR count). The number of pyridine rings is 2. The fourth-order valence-electron chi connectivity index (χ4n) is 10.8. The van der Waals surface area contributed by atoms with Crippen molar-refractivity contribution >= 4 is 44.2 Å². The molecule has 2 aromatic carbocycles. The number of terminal acetylenes is 1. The Hall–Kier alpha value is -6.09. The zero-order chi connectivity index (χ0) is 47.3. The summed E-state index contributed by atoms with van der Waals surface area (Å²) in [7, 11) is -4.73. The van der Waals surface area contributed by atoms with Gasteiger partial charge in [0.2, 0.25) is 5.82 Å². The number of nitro groups is 1. The minimum Gasteiger partial charge on any atom is -0.453 e. The molecule has 1 amide bonds. The van der Waals surface area contributed by atoms with Gasteiger partial charge in [0.25, 0.3) is 15.9 Å². The van der Waals surface area contributed by atoms with Gasteiger partial charge in [-0.15, -0.1) is 6.42 Å². The Morgan fingerprint density at radius 3 is 2.54 bits per heavy atom. The average Bonchev–Trinajstić information content (AvgIpc) is 3.93. The largest absolute Gasteiger partial charge is 0.453 e. The van der Waals surface area contributed by atoms with E-state index in [4.69, 9.17) is 11.2 Å². The summed E-state index contributed by atoms with van der Waals surface area (Å²) in [6, 6.07) is 16.5. The van der Waals surface area contributed by atoms with Crippen molar-refractivity contribution in [1.82, 2.24) is 24.6 Å². The molecule has 4 fully saturated rings. The van der Waals surface area contributed by atoms with Gasteiger partial charge in [-0.1, -0.05) is 44.5 Å². The average molecular weight is 933 g/mol. The lowest BCUT2D eigenvalue weighted by Crippen LogP contribution is -2.63. The monoisotopic (exact) mass is 932 g/mol. The number of piperidine rings is 1. The van der Waals surface area contributed by atoms with E-state index in [9.17, 15) is 32.8 Å². The summed E-state index contributed by atoms with van der Waals surface area (Å²) in [5, 5.41) is 25.5. The number of hydrogen-bond acceptors (Lipinski definition) is 12. The summed E-state index contributed by atoms with van der Waals surface area (Å²) in [6.45, 7) is 10.3. The Labute approximate surface area is 390 Å². The minimum absolute atomic E-state index is 0.0211. The molecule has 0 unspecified atom stereocenters. The van der Waals surface area contributed by atoms with E-state index in [1.165, 1.54) is 42.5 Å². The number of nitrogens with zero attached hydrogens (tertiary/aromatic N) is 5. The van der Waals surface area contributed by atoms with Crippen LogP contribution in [0.4, 0.5) is 21.6 Å². The molecule has 352 valence electrons. The molecule has 1 spiro atoms. The molecular weight excluding hydrogens is 876 g/mol. The molecule has 3 aromatic heterocycles. The minimum atomic E-state index is -4.73. The molecule has 0 bridgehead atoms. The van der Waals surface area contributed by atoms with E-state index in [1.807, 2.05) is 4.72 Å². The molecule has 4 N–H and O–H groups in total. The number of H-pyrrole nitrogens is 1. The van der Waals surface area contributed by atoms with Crippen molar-refractivity contribution in [3.8, 4) is 23.8 Å². The van der Waals surface area contributed by atoms with Crippen LogP contribution in [-0.2, 0) is 10.0 Å². The van der Waals surface area contributed by atoms with Crippen molar-refractivity contribution in [3.63, 3.8) is 0 Å². The standard InChI is InChI=1S/C50H57FN8O7S/c1-5-41-45(25-39-40(51)28-54-46(39)55-41)66-44-23-33(57-21-19-50(20-22-57)29-58(30-50)42-12-8-11-37(42)36-10-7-6-9-35(36)31(2)3)13-14-38(44)48(60)56-67(64,65)34-24-43(59(62)63)47(53-27-34)52-26-32-15-17-49(4,61)18-16-32/h1,6-7,9-10,13-14,23-25,27-28,31-32,37,42,61H,8,11-12,15-22,26,29-30H2,2-4H3,(H,52,53)(H,54,55)(H,56,60)/t32-,37-,42-,49-/m0/s1. The number of hydrogen-bond donors (Lipinski definition) is 4. The molecule has 17 heteroatoms. The first kappa shape index (κ1) is 46.0. The van der Waals surface area contributed by atoms with Crippen molar-refractivity contribution < 1.29 is 32.4 Å². The van der Waals surface area contributed by atoms with Crippen LogP contribution >= 0.6 is 0 Å². The molecule has 2 saturated heterocycles. The number of carbonyl (C=O) groups is 1. The van der Waals surface area contributed by atoms with E-state index >= 15 is 0 Å². The number of sulfonamides is 1. The predicted octanol–water partition coefficient (Wildman–Crippen LogP) is 8.61. The van der Waals surface area contributed by atoms with Crippen molar-refractivity contribution in [2.45, 2.75) is 107 Å². The number of aromatic nitrogens is 3. The number of benzene rings is 2. The summed E-state index contributed by atoms with van der Waals surface area (Å²) in [5.74, 6) is 1.71. The van der Waals surface area contributed by atoms with Gasteiger partial charge in [0.1, 0.15) is 22.1 Å². The third kappa shape index (κ3) is 9.44. The molecule has 2 aliphatic carbocycles. The van der Waals surface area contributed by atoms with Gasteiger partial charge < -0.3 is 25.0 Å². The first-order valence-electron chi connectivity index (χ1n) is 23.2. The zero-order valence-corrected chi connectivity index (χ0v) is 38.9. The van der Waals surface area contributed by atoms with Gasteiger partial charge in [-0.25, -0.2) is 27.5 Å². The SMILES string of the molecule is C#Cc1nc2[nH]cc(F)c2cc1Oc1cc(N2CCC3(CC2)CN([C@H]2CCC[C@H]2c2ccccc2C(C)C)C3)ccc1C(=O)NS(=O)(=O)c1cnc(NC[C@H]2CC[C@](C)(O)CC2)c([N+](=O)[O-])c1. The molecule has 2 saturated carbocycles. The number of fused-ring (bicyclic) bond motifs is 1. The van der Waals surface area contributed by atoms with Crippen molar-refractivity contribution in [2.24, 2.45) is 11.3 Å². The Morgan fingerprint density at radius 2 is 1.82 bits per heavy atom. The number of amides is 1. The van der Waals surface area contributed by atoms with Crippen LogP contribution in [-0.4, -0.2) is 88.6 Å². The molecule has 2 atom stereocenters. The van der Waals surface area contributed by atoms with E-state index in [0.29, 0.717) is 50.1 Å². The Balaban J connectivity index is 0.929. The topological polar surface area (TPSA) is 196 Å². The highest BCUT2D eigenvalue weighted by Gasteiger charge is 2.49. The lowest BCUT2D eigenvalue weighted by molar-refractivity contribution is -0.384. The van der Waals surface area contributed by atoms with Crippen molar-refractivity contribution in [1.29, 1.82) is 0 Å². The number of ether oxygens (including phenoxy) is 1. The summed E-state index contributed by atoms with van der Waals surface area (Å²) in [4.78, 5) is 40.9. The number of nitrogens with one attached hydrogen (secondary N) is 3. The Bertz CT molecular complexity index is 2850. The van der Waals surface area contributed by atoms with E-state index < -0.39 is 42.9 Å². The smallest absolute Gasteiger partial charge is 0.312 e. The van der Waals surface area contributed by atoms with E-state index in [2.05, 4.69) is 74.1 Å². The quantitative estimate of drug-likeness (QED) is 0.0499. The lowest BCUT2D eigenvalue weighted by atomic mass is 9.70. The summed E-state index contributed by atoms with van der Waals surface area (Å²) < 4.78 is 50.7. The van der Waals surface area contributed by atoms with Gasteiger partial charge in [-0.2, -0.15) is 0 Å². The number of carbonyl (C=O) groups excluding carboxylic acids is 1. The Morgan fingerprint density at radius 1 is 1.07 bits per heavy atom. The maximum Gasteiger partial charge on any atom is 0.312 e. The molecular formula is C50H57FN8O7S. The van der Waals surface area contributed by atoms with Crippen LogP contribution < -0.4 is 19.7 Å². The zero-order valence-electron chi connectivity index (χ0n) is 38.1. The molecule has 67 heavy (non-hydrogen) atoms. The van der Waals surface area contributed by atoms with Crippen LogP contribution in [0.1, 0.15) is 118 Å². The van der Waals surface area contributed by atoms with E-state index in [0.717, 1.165) is 63.2 Å². The van der Waals surface area contributed by atoms with Gasteiger partial charge in [-0.05, 0) is 117 Å². The van der Waals surface area contributed by atoms with Crippen LogP contribution in [0, 0.1) is 39.6 Å². The second-order valence-electron chi connectivity index (χ2n) is 19.6. The van der Waals surface area contributed by atoms with Crippen molar-refractivity contribution in [2.75, 3.05) is 42.9 Å². The van der Waals surface area contributed by atoms with Crippen LogP contribution in [0.15, 0.2) is 71.9 Å². The van der Waals surface area contributed by atoms with Gasteiger partial charge in [0, 0.05) is 62.8 Å². The van der Waals surface area contributed by atoms with Gasteiger partial charge in [-0.3, -0.25) is 19.8 Å². The number of anilines is 2. The van der Waals surface area contributed by atoms with Gasteiger partial charge in [0.05, 0.1) is 27.7 Å². The molecule has 4 aliphatic rings. The third-order valence-electron chi connectivity index (χ3n) is 14.7. The normalized spacial score (nSPS) is 22.9. The summed E-state index contributed by atoms with van der Waals surface area (Å²) >= 11 is 0. The number of aromatic amines is 1. The summed E-state index contributed by atoms with van der Waals surface area (Å²) in [6.07, 6.45) is 16.1. The maximum absolute atomic E-state index is 14.8. The highest BCUT2D eigenvalue weighted by Crippen LogP contribution is 2.49. The second kappa shape index (κ2) is 18.2. The van der Waals surface area contributed by atoms with Crippen LogP contribution in [0.5, 0.6) is 11.5 Å². The fourth-order valence-corrected chi connectivity index (χ4v) is 11.8. The molecule has 2 aliphatic heterocycles. The molecule has 5 aromatic rings. The van der Waals surface area contributed by atoms with Gasteiger partial charge in [0.15, 0.2) is 11.4 Å². The first-order valence-corrected chi connectivity index (χ1v) is 24.7. The number of aliphatic hydroxyl groups is 1. The van der Waals surface area contributed by atoms with Crippen LogP contribution in [0.25, 0.3) is 11.0 Å². The van der Waals surface area contributed by atoms with E-state index in [1.54, 1.807) is 19.1 Å². The third-order valence-corrected chi connectivity index (χ3v) is 16.0. The molecule has 5 heterocycles. The Kier molecular flexibility index (Phi) is 12.5. The second-order valence-corrected chi connectivity index (χ2v) is 21.3. The van der Waals surface area contributed by atoms with Gasteiger partial charge >= 0.3 is 5.69 Å². The maximum atomic E-state index is 14.8. The first-order chi connectivity index (χ1) is 32.0. The van der Waals surface area contributed by atoms with Crippen LogP contribution in [0.3, 0.4) is 0 Å². The van der Waals surface area contributed by atoms with Crippen LogP contribution in [0.2, 0.25) is 0 Å². The van der Waals surface area contributed by atoms with E-state index in [-0.39, 0.29) is 50.9 Å². The molecule has 15 nitrogen and oxygen atoms in total. The van der Waals surface area contributed by atoms with Crippen molar-refractivity contribution in [3.05, 3.63) is 105 Å². The summed E-state index contributed by atoms with van der Waals surface area (Å²) in [5.41, 5.74) is 2.58. The number of rotatable bonds is 13. The highest BCUT2D eigenvalue weighted by molar-refractivity contribution is 7.90. The highest BCUT2D eigenvalue weighted by atomic mass is 32.2. The fraction of sp³-hybridized carbons (Fsp3) is 0.460.